The largest absolute Gasteiger partial charge is 0.417 e. The molecule has 0 unspecified atom stereocenters. The van der Waals surface area contributed by atoms with Crippen LogP contribution >= 0.6 is 0 Å². The van der Waals surface area contributed by atoms with Crippen LogP contribution in [0.5, 0.6) is 0 Å². The van der Waals surface area contributed by atoms with E-state index in [1.807, 2.05) is 4.90 Å². The first kappa shape index (κ1) is 31.9. The number of nitrogens with zero attached hydrogens (tertiary/aromatic N) is 8. The summed E-state index contributed by atoms with van der Waals surface area (Å²) in [5.74, 6) is -1.01. The molecule has 45 heavy (non-hydrogen) atoms. The molecule has 0 atom stereocenters. The standard InChI is InChI=1S/C28H35F3N10O4/c1-2-22(42)38-5-3-18(4-6-38)25(44)34-17-23(43)39-7-9-40(10-8-39)26-35-24(36-27(37-26)41-11-13-45-14-12-41)19-16-33-21(32)15-20(19)28(29,30)31/h2,15-16,18H,1,3-14,17H2,(H2,32,33)(H,34,44). The van der Waals surface area contributed by atoms with Gasteiger partial charge >= 0.3 is 6.18 Å². The highest BCUT2D eigenvalue weighted by atomic mass is 19.4. The number of piperazine rings is 1. The zero-order valence-corrected chi connectivity index (χ0v) is 24.6. The molecule has 0 radical (unpaired) electrons. The third-order valence-corrected chi connectivity index (χ3v) is 8.06. The van der Waals surface area contributed by atoms with Crippen molar-refractivity contribution in [3.05, 3.63) is 30.5 Å². The van der Waals surface area contributed by atoms with Crippen molar-refractivity contribution in [3.8, 4) is 11.4 Å². The molecule has 0 bridgehead atoms. The van der Waals surface area contributed by atoms with Gasteiger partial charge in [-0.15, -0.1) is 0 Å². The van der Waals surface area contributed by atoms with Gasteiger partial charge in [0.1, 0.15) is 5.82 Å². The summed E-state index contributed by atoms with van der Waals surface area (Å²) in [5, 5.41) is 2.72. The quantitative estimate of drug-likeness (QED) is 0.410. The molecule has 2 aromatic heterocycles. The number of nitrogen functional groups attached to an aromatic ring is 1. The Labute approximate surface area is 257 Å². The average molecular weight is 633 g/mol. The van der Waals surface area contributed by atoms with Gasteiger partial charge in [0.05, 0.1) is 30.9 Å². The third kappa shape index (κ3) is 7.58. The number of carbonyl (C=O) groups is 3. The van der Waals surface area contributed by atoms with Gasteiger partial charge in [0.25, 0.3) is 0 Å². The Bertz CT molecular complexity index is 1420. The summed E-state index contributed by atoms with van der Waals surface area (Å²) in [6.07, 6.45) is -1.44. The minimum atomic E-state index is -4.72. The number of alkyl halides is 3. The van der Waals surface area contributed by atoms with Crippen LogP contribution in [-0.4, -0.2) is 120 Å². The van der Waals surface area contributed by atoms with E-state index in [1.165, 1.54) is 6.08 Å². The molecule has 3 aliphatic rings. The maximum atomic E-state index is 13.9. The Morgan fingerprint density at radius 1 is 0.956 bits per heavy atom. The summed E-state index contributed by atoms with van der Waals surface area (Å²) in [6, 6.07) is 0.753. The van der Waals surface area contributed by atoms with Crippen LogP contribution in [0.15, 0.2) is 24.9 Å². The predicted molar refractivity (Wildman–Crippen MR) is 157 cm³/mol. The minimum Gasteiger partial charge on any atom is -0.384 e. The molecule has 2 aromatic rings. The second-order valence-corrected chi connectivity index (χ2v) is 10.9. The van der Waals surface area contributed by atoms with Crippen LogP contribution in [-0.2, 0) is 25.3 Å². The highest BCUT2D eigenvalue weighted by Crippen LogP contribution is 2.37. The molecule has 3 saturated heterocycles. The number of likely N-dealkylation sites (tertiary alicyclic amines) is 1. The first-order valence-corrected chi connectivity index (χ1v) is 14.7. The summed E-state index contributed by atoms with van der Waals surface area (Å²) in [4.78, 5) is 61.4. The second kappa shape index (κ2) is 13.6. The van der Waals surface area contributed by atoms with Gasteiger partial charge in [-0.2, -0.15) is 28.1 Å². The van der Waals surface area contributed by atoms with Crippen molar-refractivity contribution in [3.63, 3.8) is 0 Å². The first-order chi connectivity index (χ1) is 21.5. The number of nitrogens with two attached hydrogens (primary N) is 1. The molecule has 242 valence electrons. The summed E-state index contributed by atoms with van der Waals surface area (Å²) < 4.78 is 47.2. The summed E-state index contributed by atoms with van der Waals surface area (Å²) in [7, 11) is 0. The zero-order valence-electron chi connectivity index (χ0n) is 24.6. The fraction of sp³-hybridized carbons (Fsp3) is 0.536. The Morgan fingerprint density at radius 3 is 2.18 bits per heavy atom. The molecular weight excluding hydrogens is 597 g/mol. The molecular formula is C28H35F3N10O4. The number of carbonyl (C=O) groups excluding carboxylic acids is 3. The normalized spacial score (nSPS) is 18.1. The lowest BCUT2D eigenvalue weighted by Gasteiger charge is -2.35. The van der Waals surface area contributed by atoms with E-state index in [9.17, 15) is 27.6 Å². The van der Waals surface area contributed by atoms with Gasteiger partial charge < -0.3 is 35.4 Å². The van der Waals surface area contributed by atoms with E-state index in [0.717, 1.165) is 12.3 Å². The lowest BCUT2D eigenvalue weighted by atomic mass is 9.96. The van der Waals surface area contributed by atoms with Crippen LogP contribution in [0.2, 0.25) is 0 Å². The number of hydrogen-bond acceptors (Lipinski definition) is 11. The highest BCUT2D eigenvalue weighted by molar-refractivity contribution is 5.88. The van der Waals surface area contributed by atoms with E-state index in [2.05, 4.69) is 31.8 Å². The second-order valence-electron chi connectivity index (χ2n) is 10.9. The highest BCUT2D eigenvalue weighted by Gasteiger charge is 2.36. The van der Waals surface area contributed by atoms with E-state index in [0.29, 0.717) is 78.4 Å². The van der Waals surface area contributed by atoms with E-state index in [4.69, 9.17) is 10.5 Å². The van der Waals surface area contributed by atoms with Crippen molar-refractivity contribution in [2.24, 2.45) is 5.92 Å². The van der Waals surface area contributed by atoms with Crippen molar-refractivity contribution >= 4 is 35.4 Å². The molecule has 0 spiro atoms. The van der Waals surface area contributed by atoms with Crippen LogP contribution < -0.4 is 20.9 Å². The average Bonchev–Trinajstić information content (AvgIpc) is 3.06. The maximum Gasteiger partial charge on any atom is 0.417 e. The molecule has 3 N–H and O–H groups in total. The molecule has 0 aliphatic carbocycles. The van der Waals surface area contributed by atoms with E-state index in [-0.39, 0.29) is 59.3 Å². The van der Waals surface area contributed by atoms with Crippen LogP contribution in [0.3, 0.4) is 0 Å². The molecule has 0 aromatic carbocycles. The van der Waals surface area contributed by atoms with Crippen molar-refractivity contribution in [1.82, 2.24) is 35.1 Å². The molecule has 0 saturated carbocycles. The monoisotopic (exact) mass is 632 g/mol. The minimum absolute atomic E-state index is 0.161. The molecule has 5 rings (SSSR count). The van der Waals surface area contributed by atoms with Crippen LogP contribution in [0.4, 0.5) is 30.9 Å². The lowest BCUT2D eigenvalue weighted by molar-refractivity contribution is -0.137. The number of halogens is 3. The van der Waals surface area contributed by atoms with Crippen LogP contribution in [0, 0.1) is 5.92 Å². The zero-order chi connectivity index (χ0) is 32.1. The molecule has 14 nitrogen and oxygen atoms in total. The van der Waals surface area contributed by atoms with Crippen molar-refractivity contribution in [2.75, 3.05) is 87.7 Å². The van der Waals surface area contributed by atoms with Gasteiger partial charge in [0, 0.05) is 64.5 Å². The number of piperidine rings is 1. The SMILES string of the molecule is C=CC(=O)N1CCC(C(=O)NCC(=O)N2CCN(c3nc(-c4cnc(N)cc4C(F)(F)F)nc(N4CCOCC4)n3)CC2)CC1. The lowest BCUT2D eigenvalue weighted by Crippen LogP contribution is -2.52. The van der Waals surface area contributed by atoms with E-state index < -0.39 is 11.7 Å². The van der Waals surface area contributed by atoms with Crippen LogP contribution in [0.25, 0.3) is 11.4 Å². The molecule has 3 amide bonds. The van der Waals surface area contributed by atoms with Crippen LogP contribution in [0.1, 0.15) is 18.4 Å². The molecule has 3 aliphatic heterocycles. The number of morpholine rings is 1. The molecule has 17 heteroatoms. The number of ether oxygens (including phenoxy) is 1. The fourth-order valence-corrected chi connectivity index (χ4v) is 5.47. The number of aromatic nitrogens is 4. The smallest absolute Gasteiger partial charge is 0.384 e. The predicted octanol–water partition coefficient (Wildman–Crippen LogP) is 0.561. The Hall–Kier alpha value is -4.54. The van der Waals surface area contributed by atoms with Gasteiger partial charge in [0.2, 0.25) is 29.6 Å². The maximum absolute atomic E-state index is 13.9. The molecule has 3 fully saturated rings. The van der Waals surface area contributed by atoms with E-state index >= 15 is 0 Å². The number of nitrogens with one attached hydrogen (secondary N) is 1. The van der Waals surface area contributed by atoms with Crippen molar-refractivity contribution in [2.45, 2.75) is 19.0 Å². The van der Waals surface area contributed by atoms with Gasteiger partial charge in [-0.3, -0.25) is 14.4 Å². The summed E-state index contributed by atoms with van der Waals surface area (Å²) >= 11 is 0. The van der Waals surface area contributed by atoms with Crippen molar-refractivity contribution < 1.29 is 32.3 Å². The molecule has 5 heterocycles. The van der Waals surface area contributed by atoms with Crippen molar-refractivity contribution in [1.29, 1.82) is 0 Å². The van der Waals surface area contributed by atoms with Gasteiger partial charge in [-0.25, -0.2) is 4.98 Å². The number of pyridine rings is 1. The summed E-state index contributed by atoms with van der Waals surface area (Å²) in [5.41, 5.74) is 4.24. The van der Waals surface area contributed by atoms with Gasteiger partial charge in [-0.1, -0.05) is 6.58 Å². The van der Waals surface area contributed by atoms with Gasteiger partial charge in [-0.05, 0) is 25.0 Å². The fourth-order valence-electron chi connectivity index (χ4n) is 5.47. The third-order valence-electron chi connectivity index (χ3n) is 8.06. The first-order valence-electron chi connectivity index (χ1n) is 14.7. The number of anilines is 3. The Balaban J connectivity index is 1.24. The Kier molecular flexibility index (Phi) is 9.65. The van der Waals surface area contributed by atoms with Gasteiger partial charge in [0.15, 0.2) is 5.82 Å². The number of hydrogen-bond donors (Lipinski definition) is 2. The number of rotatable bonds is 7. The Morgan fingerprint density at radius 2 is 1.58 bits per heavy atom. The topological polar surface area (TPSA) is 163 Å². The summed E-state index contributed by atoms with van der Waals surface area (Å²) in [6.45, 7) is 7.19. The number of amides is 3. The van der Waals surface area contributed by atoms with E-state index in [1.54, 1.807) is 14.7 Å².